The lowest BCUT2D eigenvalue weighted by Crippen LogP contribution is -2.56. The number of nitrogens with one attached hydrogen (secondary N) is 1. The van der Waals surface area contributed by atoms with Crippen LogP contribution in [0.4, 0.5) is 4.79 Å². The molecule has 2 saturated heterocycles. The maximum atomic E-state index is 11.6. The van der Waals surface area contributed by atoms with Gasteiger partial charge < -0.3 is 14.8 Å². The third-order valence-electron chi connectivity index (χ3n) is 4.48. The van der Waals surface area contributed by atoms with Crippen LogP contribution in [0, 0.1) is 5.92 Å². The fraction of sp³-hybridized carbons (Fsp3) is 0.938. The van der Waals surface area contributed by atoms with Gasteiger partial charge in [0.1, 0.15) is 6.61 Å². The van der Waals surface area contributed by atoms with Crippen molar-refractivity contribution >= 4 is 6.09 Å². The smallest absolute Gasteiger partial charge is 0.407 e. The first kappa shape index (κ1) is 16.6. The fourth-order valence-electron chi connectivity index (χ4n) is 3.06. The van der Waals surface area contributed by atoms with Crippen LogP contribution in [0.5, 0.6) is 0 Å². The lowest BCUT2D eigenvalue weighted by atomic mass is 9.96. The molecule has 0 aromatic carbocycles. The van der Waals surface area contributed by atoms with Gasteiger partial charge in [-0.1, -0.05) is 13.8 Å². The number of ether oxygens (including phenoxy) is 2. The van der Waals surface area contributed by atoms with Crippen LogP contribution in [0.2, 0.25) is 0 Å². The molecule has 124 valence electrons. The molecular weight excluding hydrogens is 268 g/mol. The first-order valence-electron chi connectivity index (χ1n) is 8.41. The Kier molecular flexibility index (Phi) is 6.77. The molecule has 0 radical (unpaired) electrons. The molecule has 1 amide bonds. The summed E-state index contributed by atoms with van der Waals surface area (Å²) in [4.78, 5) is 14.1. The normalized spacial score (nSPS) is 23.9. The molecule has 1 unspecified atom stereocenters. The zero-order chi connectivity index (χ0) is 15.1. The Morgan fingerprint density at radius 1 is 1.38 bits per heavy atom. The van der Waals surface area contributed by atoms with Gasteiger partial charge in [0.15, 0.2) is 0 Å². The van der Waals surface area contributed by atoms with Crippen LogP contribution >= 0.6 is 0 Å². The van der Waals surface area contributed by atoms with Crippen molar-refractivity contribution in [2.24, 2.45) is 5.92 Å². The van der Waals surface area contributed by atoms with Gasteiger partial charge in [0.2, 0.25) is 0 Å². The topological polar surface area (TPSA) is 50.8 Å². The molecule has 1 N–H and O–H groups in total. The Bertz CT molecular complexity index is 323. The predicted octanol–water partition coefficient (Wildman–Crippen LogP) is 2.65. The highest BCUT2D eigenvalue weighted by Crippen LogP contribution is 2.26. The molecule has 2 fully saturated rings. The maximum Gasteiger partial charge on any atom is 0.407 e. The quantitative estimate of drug-likeness (QED) is 0.734. The zero-order valence-electron chi connectivity index (χ0n) is 13.5. The van der Waals surface area contributed by atoms with Gasteiger partial charge in [0, 0.05) is 39.8 Å². The Balaban J connectivity index is 0.00000242. The zero-order valence-corrected chi connectivity index (χ0v) is 13.5. The molecule has 2 rings (SSSR count). The minimum Gasteiger partial charge on any atom is -0.448 e. The molecule has 0 aromatic heterocycles. The molecule has 0 aliphatic carbocycles. The van der Waals surface area contributed by atoms with E-state index in [1.165, 1.54) is 0 Å². The molecule has 0 aromatic rings. The standard InChI is InChI=1S/C16H30N2O3.H2/c1-13(2)4-3-8-17-16(19)21-12-15-5-9-18(15)14-6-10-20-11-7-14;/h13-15H,3-12H2,1-2H3,(H,17,19);1H. The van der Waals surface area contributed by atoms with Gasteiger partial charge in [-0.25, -0.2) is 4.79 Å². The monoisotopic (exact) mass is 300 g/mol. The van der Waals surface area contributed by atoms with Gasteiger partial charge in [-0.3, -0.25) is 4.90 Å². The largest absolute Gasteiger partial charge is 0.448 e. The van der Waals surface area contributed by atoms with E-state index >= 15 is 0 Å². The van der Waals surface area contributed by atoms with Crippen LogP contribution in [-0.4, -0.2) is 56.0 Å². The lowest BCUT2D eigenvalue weighted by Gasteiger charge is -2.46. The molecule has 5 nitrogen and oxygen atoms in total. The van der Waals surface area contributed by atoms with Crippen LogP contribution in [0.3, 0.4) is 0 Å². The van der Waals surface area contributed by atoms with Crippen molar-refractivity contribution < 1.29 is 15.7 Å². The number of nitrogens with zero attached hydrogens (tertiary/aromatic N) is 1. The summed E-state index contributed by atoms with van der Waals surface area (Å²) in [5.41, 5.74) is 0. The minimum atomic E-state index is -0.266. The third kappa shape index (κ3) is 5.47. The summed E-state index contributed by atoms with van der Waals surface area (Å²) in [5, 5.41) is 2.84. The van der Waals surface area contributed by atoms with Gasteiger partial charge in [-0.2, -0.15) is 0 Å². The average Bonchev–Trinajstić information content (AvgIpc) is 2.43. The van der Waals surface area contributed by atoms with Crippen LogP contribution < -0.4 is 5.32 Å². The van der Waals surface area contributed by atoms with Crippen LogP contribution in [0.15, 0.2) is 0 Å². The third-order valence-corrected chi connectivity index (χ3v) is 4.48. The van der Waals surface area contributed by atoms with E-state index in [0.29, 0.717) is 31.2 Å². The number of likely N-dealkylation sites (tertiary alicyclic amines) is 1. The van der Waals surface area contributed by atoms with E-state index in [-0.39, 0.29) is 7.52 Å². The van der Waals surface area contributed by atoms with E-state index in [1.807, 2.05) is 0 Å². The molecule has 0 saturated carbocycles. The Morgan fingerprint density at radius 3 is 2.76 bits per heavy atom. The van der Waals surface area contributed by atoms with Crippen LogP contribution in [-0.2, 0) is 9.47 Å². The minimum absolute atomic E-state index is 0. The van der Waals surface area contributed by atoms with E-state index in [2.05, 4.69) is 24.1 Å². The van der Waals surface area contributed by atoms with E-state index in [0.717, 1.165) is 51.9 Å². The molecular formula is C16H32N2O3. The molecule has 2 heterocycles. The van der Waals surface area contributed by atoms with E-state index in [1.54, 1.807) is 0 Å². The van der Waals surface area contributed by atoms with Gasteiger partial charge >= 0.3 is 6.09 Å². The van der Waals surface area contributed by atoms with Gasteiger partial charge in [0.25, 0.3) is 0 Å². The maximum absolute atomic E-state index is 11.6. The summed E-state index contributed by atoms with van der Waals surface area (Å²) in [6.45, 7) is 8.49. The molecule has 2 aliphatic heterocycles. The summed E-state index contributed by atoms with van der Waals surface area (Å²) < 4.78 is 10.8. The SMILES string of the molecule is CC(C)CCCNC(=O)OCC1CCN1C1CCOCC1.[HH]. The van der Waals surface area contributed by atoms with Gasteiger partial charge in [-0.05, 0) is 38.0 Å². The fourth-order valence-corrected chi connectivity index (χ4v) is 3.06. The number of hydrogen-bond donors (Lipinski definition) is 1. The van der Waals surface area contributed by atoms with Crippen molar-refractivity contribution in [2.75, 3.05) is 32.9 Å². The highest BCUT2D eigenvalue weighted by atomic mass is 16.5. The van der Waals surface area contributed by atoms with E-state index < -0.39 is 0 Å². The number of carbonyl (C=O) groups excluding carboxylic acids is 1. The second-order valence-electron chi connectivity index (χ2n) is 6.59. The van der Waals surface area contributed by atoms with Crippen LogP contribution in [0.25, 0.3) is 0 Å². The predicted molar refractivity (Wildman–Crippen MR) is 84.5 cm³/mol. The molecule has 2 aliphatic rings. The number of hydrogen-bond acceptors (Lipinski definition) is 4. The summed E-state index contributed by atoms with van der Waals surface area (Å²) >= 11 is 0. The summed E-state index contributed by atoms with van der Waals surface area (Å²) in [6, 6.07) is 1.03. The summed E-state index contributed by atoms with van der Waals surface area (Å²) in [6.07, 6.45) is 5.25. The van der Waals surface area contributed by atoms with Crippen LogP contribution in [0.1, 0.15) is 47.4 Å². The molecule has 0 bridgehead atoms. The number of rotatable bonds is 7. The van der Waals surface area contributed by atoms with E-state index in [9.17, 15) is 4.79 Å². The summed E-state index contributed by atoms with van der Waals surface area (Å²) in [5.74, 6) is 0.686. The highest BCUT2D eigenvalue weighted by molar-refractivity contribution is 5.67. The Morgan fingerprint density at radius 2 is 2.14 bits per heavy atom. The number of amides is 1. The van der Waals surface area contributed by atoms with E-state index in [4.69, 9.17) is 9.47 Å². The first-order chi connectivity index (χ1) is 10.2. The second kappa shape index (κ2) is 8.59. The highest BCUT2D eigenvalue weighted by Gasteiger charge is 2.35. The summed E-state index contributed by atoms with van der Waals surface area (Å²) in [7, 11) is 0. The van der Waals surface area contributed by atoms with Gasteiger partial charge in [0.05, 0.1) is 0 Å². The second-order valence-corrected chi connectivity index (χ2v) is 6.59. The van der Waals surface area contributed by atoms with Crippen molar-refractivity contribution in [3.8, 4) is 0 Å². The molecule has 1 atom stereocenters. The van der Waals surface area contributed by atoms with Crippen molar-refractivity contribution in [3.63, 3.8) is 0 Å². The lowest BCUT2D eigenvalue weighted by molar-refractivity contribution is -0.0426. The van der Waals surface area contributed by atoms with Gasteiger partial charge in [-0.15, -0.1) is 0 Å². The van der Waals surface area contributed by atoms with Crippen molar-refractivity contribution in [3.05, 3.63) is 0 Å². The van der Waals surface area contributed by atoms with Crippen molar-refractivity contribution in [2.45, 2.75) is 58.0 Å². The average molecular weight is 300 g/mol. The molecule has 0 spiro atoms. The Hall–Kier alpha value is -0.810. The Labute approximate surface area is 129 Å². The number of alkyl carbamates (subject to hydrolysis) is 1. The van der Waals surface area contributed by atoms with Crippen molar-refractivity contribution in [1.82, 2.24) is 10.2 Å². The molecule has 21 heavy (non-hydrogen) atoms. The first-order valence-corrected chi connectivity index (χ1v) is 8.41. The number of carbonyl (C=O) groups is 1. The van der Waals surface area contributed by atoms with Crippen molar-refractivity contribution in [1.29, 1.82) is 0 Å². The molecule has 5 heteroatoms.